The quantitative estimate of drug-likeness (QED) is 0.688. The van der Waals surface area contributed by atoms with Gasteiger partial charge in [0.05, 0.1) is 24.0 Å². The molecule has 1 atom stereocenters. The summed E-state index contributed by atoms with van der Waals surface area (Å²) in [4.78, 5) is 26.1. The number of ether oxygens (including phenoxy) is 1. The van der Waals surface area contributed by atoms with Crippen LogP contribution in [0.1, 0.15) is 12.0 Å². The molecule has 28 heavy (non-hydrogen) atoms. The third-order valence-corrected chi connectivity index (χ3v) is 6.28. The molecule has 0 radical (unpaired) electrons. The number of para-hydroxylation sites is 1. The molecule has 1 aliphatic heterocycles. The van der Waals surface area contributed by atoms with Crippen LogP contribution in [0.5, 0.6) is 0 Å². The van der Waals surface area contributed by atoms with Crippen LogP contribution in [-0.4, -0.2) is 44.4 Å². The van der Waals surface area contributed by atoms with E-state index < -0.39 is 40.2 Å². The highest BCUT2D eigenvalue weighted by Gasteiger charge is 2.35. The standard InChI is InChI=1S/C20H20FNO5S/c21-18-9-5-4-6-15(18)12-20(24)27-13-19(23)22(16-7-2-1-3-8-16)17-10-11-28(25,26)14-17/h1-9,17H,10-14H2/t17-/m0/s1. The van der Waals surface area contributed by atoms with Gasteiger partial charge >= 0.3 is 5.97 Å². The Balaban J connectivity index is 1.68. The summed E-state index contributed by atoms with van der Waals surface area (Å²) in [6.45, 7) is -0.543. The Morgan fingerprint density at radius 1 is 1.07 bits per heavy atom. The normalized spacial score (nSPS) is 17.8. The number of carbonyl (C=O) groups is 2. The molecule has 8 heteroatoms. The number of rotatable bonds is 6. The molecular formula is C20H20FNO5S. The molecule has 1 amide bonds. The number of carbonyl (C=O) groups excluding carboxylic acids is 2. The number of hydrogen-bond donors (Lipinski definition) is 0. The van der Waals surface area contributed by atoms with E-state index in [4.69, 9.17) is 4.74 Å². The van der Waals surface area contributed by atoms with Crippen LogP contribution in [0.15, 0.2) is 54.6 Å². The zero-order valence-corrected chi connectivity index (χ0v) is 15.9. The van der Waals surface area contributed by atoms with Gasteiger partial charge in [-0.3, -0.25) is 9.59 Å². The molecule has 0 N–H and O–H groups in total. The van der Waals surface area contributed by atoms with E-state index in [1.165, 1.54) is 23.1 Å². The Labute approximate surface area is 162 Å². The van der Waals surface area contributed by atoms with Crippen molar-refractivity contribution in [1.29, 1.82) is 0 Å². The first-order valence-corrected chi connectivity index (χ1v) is 10.6. The van der Waals surface area contributed by atoms with Crippen molar-refractivity contribution < 1.29 is 27.1 Å². The van der Waals surface area contributed by atoms with Gasteiger partial charge < -0.3 is 9.64 Å². The summed E-state index contributed by atoms with van der Waals surface area (Å²) >= 11 is 0. The maximum atomic E-state index is 13.6. The van der Waals surface area contributed by atoms with Crippen molar-refractivity contribution in [2.75, 3.05) is 23.0 Å². The molecule has 0 aromatic heterocycles. The summed E-state index contributed by atoms with van der Waals surface area (Å²) < 4.78 is 42.3. The second-order valence-electron chi connectivity index (χ2n) is 6.59. The number of halogens is 1. The van der Waals surface area contributed by atoms with E-state index in [1.807, 2.05) is 0 Å². The molecule has 3 rings (SSSR count). The smallest absolute Gasteiger partial charge is 0.310 e. The van der Waals surface area contributed by atoms with Crippen molar-refractivity contribution in [1.82, 2.24) is 0 Å². The maximum absolute atomic E-state index is 13.6. The van der Waals surface area contributed by atoms with Crippen LogP contribution in [0.2, 0.25) is 0 Å². The first-order chi connectivity index (χ1) is 13.4. The molecule has 1 fully saturated rings. The van der Waals surface area contributed by atoms with Gasteiger partial charge in [-0.1, -0.05) is 36.4 Å². The number of sulfone groups is 1. The van der Waals surface area contributed by atoms with E-state index >= 15 is 0 Å². The van der Waals surface area contributed by atoms with Gasteiger partial charge in [0.15, 0.2) is 16.4 Å². The molecular weight excluding hydrogens is 385 g/mol. The number of benzene rings is 2. The first kappa shape index (κ1) is 20.0. The first-order valence-electron chi connectivity index (χ1n) is 8.82. The van der Waals surface area contributed by atoms with Crippen LogP contribution in [0.25, 0.3) is 0 Å². The molecule has 0 unspecified atom stereocenters. The topological polar surface area (TPSA) is 80.8 Å². The van der Waals surface area contributed by atoms with E-state index in [0.29, 0.717) is 12.1 Å². The largest absolute Gasteiger partial charge is 0.455 e. The van der Waals surface area contributed by atoms with Gasteiger partial charge in [-0.15, -0.1) is 0 Å². The lowest BCUT2D eigenvalue weighted by atomic mass is 10.1. The molecule has 1 saturated heterocycles. The average molecular weight is 405 g/mol. The second kappa shape index (κ2) is 8.52. The van der Waals surface area contributed by atoms with E-state index in [1.54, 1.807) is 36.4 Å². The minimum atomic E-state index is -3.20. The van der Waals surface area contributed by atoms with E-state index in [-0.39, 0.29) is 23.5 Å². The number of hydrogen-bond acceptors (Lipinski definition) is 5. The highest BCUT2D eigenvalue weighted by Crippen LogP contribution is 2.24. The van der Waals surface area contributed by atoms with Gasteiger partial charge in [0.25, 0.3) is 5.91 Å². The molecule has 0 aliphatic carbocycles. The molecule has 6 nitrogen and oxygen atoms in total. The molecule has 0 saturated carbocycles. The predicted molar refractivity (Wildman–Crippen MR) is 102 cm³/mol. The van der Waals surface area contributed by atoms with E-state index in [2.05, 4.69) is 0 Å². The second-order valence-corrected chi connectivity index (χ2v) is 8.81. The van der Waals surface area contributed by atoms with Crippen LogP contribution in [0, 0.1) is 5.82 Å². The lowest BCUT2D eigenvalue weighted by Crippen LogP contribution is -2.43. The molecule has 1 heterocycles. The maximum Gasteiger partial charge on any atom is 0.310 e. The van der Waals surface area contributed by atoms with Crippen molar-refractivity contribution >= 4 is 27.4 Å². The molecule has 2 aromatic carbocycles. The SMILES string of the molecule is O=C(Cc1ccccc1F)OCC(=O)N(c1ccccc1)[C@H]1CCS(=O)(=O)C1. The van der Waals surface area contributed by atoms with Gasteiger partial charge in [-0.05, 0) is 30.2 Å². The van der Waals surface area contributed by atoms with Crippen LogP contribution in [0.4, 0.5) is 10.1 Å². The van der Waals surface area contributed by atoms with Crippen LogP contribution in [-0.2, 0) is 30.6 Å². The zero-order valence-electron chi connectivity index (χ0n) is 15.1. The highest BCUT2D eigenvalue weighted by molar-refractivity contribution is 7.91. The number of nitrogens with zero attached hydrogens (tertiary/aromatic N) is 1. The number of esters is 1. The fraction of sp³-hybridized carbons (Fsp3) is 0.300. The summed E-state index contributed by atoms with van der Waals surface area (Å²) in [5, 5.41) is 0. The van der Waals surface area contributed by atoms with Gasteiger partial charge in [-0.2, -0.15) is 0 Å². The molecule has 148 valence electrons. The third kappa shape index (κ3) is 4.95. The van der Waals surface area contributed by atoms with Gasteiger partial charge in [0, 0.05) is 5.69 Å². The van der Waals surface area contributed by atoms with Crippen molar-refractivity contribution in [2.45, 2.75) is 18.9 Å². The van der Waals surface area contributed by atoms with Crippen molar-refractivity contribution in [3.05, 3.63) is 66.0 Å². The fourth-order valence-electron chi connectivity index (χ4n) is 3.19. The fourth-order valence-corrected chi connectivity index (χ4v) is 4.89. The van der Waals surface area contributed by atoms with Crippen LogP contribution in [0.3, 0.4) is 0 Å². The van der Waals surface area contributed by atoms with Gasteiger partial charge in [0.1, 0.15) is 5.82 Å². The lowest BCUT2D eigenvalue weighted by molar-refractivity contribution is -0.147. The summed E-state index contributed by atoms with van der Waals surface area (Å²) in [5.41, 5.74) is 0.724. The Morgan fingerprint density at radius 3 is 2.39 bits per heavy atom. The van der Waals surface area contributed by atoms with E-state index in [0.717, 1.165) is 0 Å². The summed E-state index contributed by atoms with van der Waals surface area (Å²) in [6, 6.07) is 14.0. The molecule has 0 bridgehead atoms. The van der Waals surface area contributed by atoms with Crippen molar-refractivity contribution in [3.63, 3.8) is 0 Å². The predicted octanol–water partition coefficient (Wildman–Crippen LogP) is 2.13. The Morgan fingerprint density at radius 2 is 1.75 bits per heavy atom. The van der Waals surface area contributed by atoms with Crippen LogP contribution < -0.4 is 4.90 Å². The molecule has 1 aliphatic rings. The van der Waals surface area contributed by atoms with Crippen molar-refractivity contribution in [3.8, 4) is 0 Å². The summed E-state index contributed by atoms with van der Waals surface area (Å²) in [5.74, 6) is -1.88. The molecule has 0 spiro atoms. The average Bonchev–Trinajstić information content (AvgIpc) is 3.02. The summed E-state index contributed by atoms with van der Waals surface area (Å²) in [6.07, 6.45) is 0.0369. The monoisotopic (exact) mass is 405 g/mol. The zero-order chi connectivity index (χ0) is 20.1. The Hall–Kier alpha value is -2.74. The highest BCUT2D eigenvalue weighted by atomic mass is 32.2. The molecule has 2 aromatic rings. The minimum Gasteiger partial charge on any atom is -0.455 e. The third-order valence-electron chi connectivity index (χ3n) is 4.53. The van der Waals surface area contributed by atoms with Gasteiger partial charge in [0.2, 0.25) is 0 Å². The Kier molecular flexibility index (Phi) is 6.08. The van der Waals surface area contributed by atoms with Crippen LogP contribution >= 0.6 is 0 Å². The Bertz CT molecular complexity index is 962. The van der Waals surface area contributed by atoms with E-state index in [9.17, 15) is 22.4 Å². The number of anilines is 1. The summed E-state index contributed by atoms with van der Waals surface area (Å²) in [7, 11) is -3.20. The minimum absolute atomic E-state index is 0.0152. The lowest BCUT2D eigenvalue weighted by Gasteiger charge is -2.28. The number of amides is 1. The van der Waals surface area contributed by atoms with Crippen molar-refractivity contribution in [2.24, 2.45) is 0 Å². The van der Waals surface area contributed by atoms with Gasteiger partial charge in [-0.25, -0.2) is 12.8 Å².